The standard InChI is InChI=1S/C13H20N4O/c1-17-8-11(7-15-17)13(18)16-12-3-2-9-5-14-6-10(9)4-12/h7-10,12,14H,2-6H2,1H3,(H,16,18)/t9-,10+,12?/m0/s1. The Balaban J connectivity index is 1.58. The lowest BCUT2D eigenvalue weighted by Crippen LogP contribution is -2.40. The molecule has 3 atom stereocenters. The van der Waals surface area contributed by atoms with Gasteiger partial charge in [-0.05, 0) is 44.2 Å². The van der Waals surface area contributed by atoms with E-state index in [-0.39, 0.29) is 5.91 Å². The lowest BCUT2D eigenvalue weighted by atomic mass is 9.79. The molecule has 1 saturated carbocycles. The molecule has 0 spiro atoms. The number of nitrogens with one attached hydrogen (secondary N) is 2. The minimum absolute atomic E-state index is 0.0116. The second kappa shape index (κ2) is 4.72. The van der Waals surface area contributed by atoms with Gasteiger partial charge in [-0.15, -0.1) is 0 Å². The molecule has 0 radical (unpaired) electrons. The lowest BCUT2D eigenvalue weighted by molar-refractivity contribution is 0.0913. The number of rotatable bonds is 2. The Morgan fingerprint density at radius 2 is 2.28 bits per heavy atom. The summed E-state index contributed by atoms with van der Waals surface area (Å²) in [6.45, 7) is 2.28. The Morgan fingerprint density at radius 3 is 3.06 bits per heavy atom. The number of amides is 1. The van der Waals surface area contributed by atoms with Crippen molar-refractivity contribution in [3.8, 4) is 0 Å². The molecule has 1 aliphatic carbocycles. The van der Waals surface area contributed by atoms with Gasteiger partial charge in [0.05, 0.1) is 11.8 Å². The largest absolute Gasteiger partial charge is 0.349 e. The average molecular weight is 248 g/mol. The Bertz CT molecular complexity index is 442. The van der Waals surface area contributed by atoms with E-state index in [2.05, 4.69) is 15.7 Å². The highest BCUT2D eigenvalue weighted by Gasteiger charge is 2.34. The molecule has 0 aromatic carbocycles. The van der Waals surface area contributed by atoms with Gasteiger partial charge in [0.1, 0.15) is 0 Å². The first-order chi connectivity index (χ1) is 8.72. The van der Waals surface area contributed by atoms with Crippen LogP contribution in [0.15, 0.2) is 12.4 Å². The monoisotopic (exact) mass is 248 g/mol. The molecule has 2 N–H and O–H groups in total. The van der Waals surface area contributed by atoms with Gasteiger partial charge in [-0.25, -0.2) is 0 Å². The van der Waals surface area contributed by atoms with Crippen LogP contribution in [0, 0.1) is 11.8 Å². The van der Waals surface area contributed by atoms with Crippen LogP contribution in [-0.2, 0) is 7.05 Å². The number of nitrogens with zero attached hydrogens (tertiary/aromatic N) is 2. The van der Waals surface area contributed by atoms with E-state index in [0.717, 1.165) is 37.8 Å². The molecule has 1 aromatic heterocycles. The zero-order valence-electron chi connectivity index (χ0n) is 10.7. The van der Waals surface area contributed by atoms with Gasteiger partial charge in [-0.2, -0.15) is 5.10 Å². The zero-order valence-corrected chi connectivity index (χ0v) is 10.7. The predicted octanol–water partition coefficient (Wildman–Crippen LogP) is 0.538. The van der Waals surface area contributed by atoms with Crippen molar-refractivity contribution in [1.29, 1.82) is 0 Å². The van der Waals surface area contributed by atoms with E-state index in [1.54, 1.807) is 17.1 Å². The number of fused-ring (bicyclic) bond motifs is 1. The quantitative estimate of drug-likeness (QED) is 0.803. The first kappa shape index (κ1) is 11.7. The van der Waals surface area contributed by atoms with E-state index in [1.807, 2.05) is 7.05 Å². The molecule has 2 heterocycles. The maximum absolute atomic E-state index is 12.0. The summed E-state index contributed by atoms with van der Waals surface area (Å²) in [5.41, 5.74) is 0.657. The molecule has 5 heteroatoms. The van der Waals surface area contributed by atoms with Crippen LogP contribution in [0.1, 0.15) is 29.6 Å². The van der Waals surface area contributed by atoms with E-state index < -0.39 is 0 Å². The van der Waals surface area contributed by atoms with Crippen LogP contribution in [0.5, 0.6) is 0 Å². The van der Waals surface area contributed by atoms with Crippen molar-refractivity contribution in [2.75, 3.05) is 13.1 Å². The molecule has 1 unspecified atom stereocenters. The van der Waals surface area contributed by atoms with E-state index in [9.17, 15) is 4.79 Å². The molecular formula is C13H20N4O. The normalized spacial score (nSPS) is 31.1. The van der Waals surface area contributed by atoms with Crippen LogP contribution in [-0.4, -0.2) is 34.8 Å². The fourth-order valence-corrected chi connectivity index (χ4v) is 3.24. The second-order valence-corrected chi connectivity index (χ2v) is 5.56. The molecule has 18 heavy (non-hydrogen) atoms. The molecule has 1 amide bonds. The topological polar surface area (TPSA) is 59.0 Å². The van der Waals surface area contributed by atoms with Crippen LogP contribution in [0.3, 0.4) is 0 Å². The van der Waals surface area contributed by atoms with Gasteiger partial charge < -0.3 is 10.6 Å². The van der Waals surface area contributed by atoms with Crippen molar-refractivity contribution < 1.29 is 4.79 Å². The second-order valence-electron chi connectivity index (χ2n) is 5.56. The van der Waals surface area contributed by atoms with Gasteiger partial charge >= 0.3 is 0 Å². The number of carbonyl (C=O) groups excluding carboxylic acids is 1. The molecule has 1 saturated heterocycles. The summed E-state index contributed by atoms with van der Waals surface area (Å²) in [4.78, 5) is 12.0. The molecule has 2 aliphatic rings. The Morgan fingerprint density at radius 1 is 1.44 bits per heavy atom. The van der Waals surface area contributed by atoms with Gasteiger partial charge in [0.25, 0.3) is 5.91 Å². The molecule has 5 nitrogen and oxygen atoms in total. The molecule has 0 bridgehead atoms. The summed E-state index contributed by atoms with van der Waals surface area (Å²) >= 11 is 0. The molecular weight excluding hydrogens is 228 g/mol. The first-order valence-corrected chi connectivity index (χ1v) is 6.72. The van der Waals surface area contributed by atoms with E-state index in [1.165, 1.54) is 6.42 Å². The van der Waals surface area contributed by atoms with E-state index in [0.29, 0.717) is 11.6 Å². The molecule has 2 fully saturated rings. The summed E-state index contributed by atoms with van der Waals surface area (Å²) in [7, 11) is 1.83. The molecule has 1 aromatic rings. The lowest BCUT2D eigenvalue weighted by Gasteiger charge is -2.31. The summed E-state index contributed by atoms with van der Waals surface area (Å²) in [6, 6.07) is 0.332. The van der Waals surface area contributed by atoms with E-state index in [4.69, 9.17) is 0 Å². The number of hydrogen-bond donors (Lipinski definition) is 2. The van der Waals surface area contributed by atoms with Crippen LogP contribution < -0.4 is 10.6 Å². The minimum atomic E-state index is 0.0116. The Labute approximate surface area is 107 Å². The summed E-state index contributed by atoms with van der Waals surface area (Å²) in [5, 5.41) is 10.6. The third-order valence-electron chi connectivity index (χ3n) is 4.26. The van der Waals surface area contributed by atoms with Gasteiger partial charge in [-0.3, -0.25) is 9.48 Å². The van der Waals surface area contributed by atoms with E-state index >= 15 is 0 Å². The van der Waals surface area contributed by atoms with Crippen molar-refractivity contribution in [1.82, 2.24) is 20.4 Å². The number of carbonyl (C=O) groups is 1. The van der Waals surface area contributed by atoms with Crippen LogP contribution in [0.4, 0.5) is 0 Å². The molecule has 3 rings (SSSR count). The van der Waals surface area contributed by atoms with Crippen molar-refractivity contribution in [2.24, 2.45) is 18.9 Å². The third kappa shape index (κ3) is 2.27. The van der Waals surface area contributed by atoms with Crippen molar-refractivity contribution in [3.63, 3.8) is 0 Å². The SMILES string of the molecule is Cn1cc(C(=O)NC2CC[C@H]3CNC[C@H]3C2)cn1. The highest BCUT2D eigenvalue weighted by atomic mass is 16.1. The van der Waals surface area contributed by atoms with Gasteiger partial charge in [0.15, 0.2) is 0 Å². The van der Waals surface area contributed by atoms with Crippen LogP contribution in [0.2, 0.25) is 0 Å². The number of hydrogen-bond acceptors (Lipinski definition) is 3. The summed E-state index contributed by atoms with van der Waals surface area (Å²) in [5.74, 6) is 1.59. The van der Waals surface area contributed by atoms with Crippen molar-refractivity contribution in [3.05, 3.63) is 18.0 Å². The minimum Gasteiger partial charge on any atom is -0.349 e. The van der Waals surface area contributed by atoms with Gasteiger partial charge in [0.2, 0.25) is 0 Å². The first-order valence-electron chi connectivity index (χ1n) is 6.72. The molecule has 1 aliphatic heterocycles. The average Bonchev–Trinajstić information content (AvgIpc) is 2.96. The van der Waals surface area contributed by atoms with Crippen molar-refractivity contribution >= 4 is 5.91 Å². The summed E-state index contributed by atoms with van der Waals surface area (Å²) < 4.78 is 1.66. The summed E-state index contributed by atoms with van der Waals surface area (Å²) in [6.07, 6.45) is 6.84. The smallest absolute Gasteiger partial charge is 0.254 e. The van der Waals surface area contributed by atoms with Gasteiger partial charge in [-0.1, -0.05) is 0 Å². The molecule has 98 valence electrons. The van der Waals surface area contributed by atoms with Crippen LogP contribution >= 0.6 is 0 Å². The predicted molar refractivity (Wildman–Crippen MR) is 68.2 cm³/mol. The fraction of sp³-hybridized carbons (Fsp3) is 0.692. The number of aryl methyl sites for hydroxylation is 1. The fourth-order valence-electron chi connectivity index (χ4n) is 3.24. The highest BCUT2D eigenvalue weighted by Crippen LogP contribution is 2.32. The zero-order chi connectivity index (χ0) is 12.5. The maximum Gasteiger partial charge on any atom is 0.254 e. The number of aromatic nitrogens is 2. The maximum atomic E-state index is 12.0. The Hall–Kier alpha value is -1.36. The van der Waals surface area contributed by atoms with Crippen LogP contribution in [0.25, 0.3) is 0 Å². The third-order valence-corrected chi connectivity index (χ3v) is 4.26. The Kier molecular flexibility index (Phi) is 3.07. The highest BCUT2D eigenvalue weighted by molar-refractivity contribution is 5.93. The van der Waals surface area contributed by atoms with Gasteiger partial charge in [0, 0.05) is 19.3 Å². The van der Waals surface area contributed by atoms with Crippen molar-refractivity contribution in [2.45, 2.75) is 25.3 Å².